The predicted octanol–water partition coefficient (Wildman–Crippen LogP) is 3.66. The molecule has 0 saturated carbocycles. The largest absolute Gasteiger partial charge is 0.479 e. The fourth-order valence-electron chi connectivity index (χ4n) is 2.32. The molecule has 0 radical (unpaired) electrons. The second-order valence-electron chi connectivity index (χ2n) is 7.61. The van der Waals surface area contributed by atoms with Crippen molar-refractivity contribution in [2.45, 2.75) is 65.7 Å². The van der Waals surface area contributed by atoms with E-state index in [2.05, 4.69) is 5.32 Å². The summed E-state index contributed by atoms with van der Waals surface area (Å²) in [5, 5.41) is 11.7. The molecule has 2 atom stereocenters. The number of carboxylic acids is 1. The molecule has 0 bridgehead atoms. The Hall–Kier alpha value is -2.57. The molecule has 0 aliphatic carbocycles. The zero-order valence-corrected chi connectivity index (χ0v) is 16.7. The molecule has 1 aromatic rings. The smallest absolute Gasteiger partial charge is 0.408 e. The summed E-state index contributed by atoms with van der Waals surface area (Å²) in [7, 11) is 0. The van der Waals surface area contributed by atoms with Gasteiger partial charge in [0.2, 0.25) is 0 Å². The van der Waals surface area contributed by atoms with Crippen molar-refractivity contribution in [3.05, 3.63) is 29.8 Å². The Morgan fingerprint density at radius 3 is 2.07 bits per heavy atom. The Bertz CT molecular complexity index is 660. The summed E-state index contributed by atoms with van der Waals surface area (Å²) < 4.78 is 10.6. The minimum atomic E-state index is -1.04. The molecule has 2 unspecified atom stereocenters. The standard InChI is InChI=1S/C20H29NO6/c1-7-15(18(23)24)26-14-10-8-13(9-11-14)17(22)16(12(2)3)21-19(25)27-20(4,5)6/h8-12,15-16H,7H2,1-6H3,(H,21,25)(H,23,24). The summed E-state index contributed by atoms with van der Waals surface area (Å²) >= 11 is 0. The van der Waals surface area contributed by atoms with Gasteiger partial charge in [-0.15, -0.1) is 0 Å². The third-order valence-electron chi connectivity index (χ3n) is 3.68. The summed E-state index contributed by atoms with van der Waals surface area (Å²) in [5.74, 6) is -1.08. The summed E-state index contributed by atoms with van der Waals surface area (Å²) in [6, 6.07) is 5.46. The molecule has 0 aliphatic heterocycles. The summed E-state index contributed by atoms with van der Waals surface area (Å²) in [6.07, 6.45) is -1.27. The lowest BCUT2D eigenvalue weighted by molar-refractivity contribution is -0.145. The lowest BCUT2D eigenvalue weighted by Gasteiger charge is -2.25. The lowest BCUT2D eigenvalue weighted by Crippen LogP contribution is -2.46. The molecule has 0 saturated heterocycles. The topological polar surface area (TPSA) is 102 Å². The molecule has 0 fully saturated rings. The van der Waals surface area contributed by atoms with Crippen LogP contribution in [0.3, 0.4) is 0 Å². The number of nitrogens with one attached hydrogen (secondary N) is 1. The molecule has 0 aliphatic rings. The van der Waals surface area contributed by atoms with Crippen LogP contribution in [-0.2, 0) is 9.53 Å². The van der Waals surface area contributed by atoms with Crippen molar-refractivity contribution in [2.75, 3.05) is 0 Å². The molecular weight excluding hydrogens is 350 g/mol. The van der Waals surface area contributed by atoms with Crippen LogP contribution in [0.1, 0.15) is 58.3 Å². The zero-order valence-electron chi connectivity index (χ0n) is 16.7. The Kier molecular flexibility index (Phi) is 7.82. The zero-order chi connectivity index (χ0) is 20.8. The van der Waals surface area contributed by atoms with Crippen LogP contribution in [0.15, 0.2) is 24.3 Å². The van der Waals surface area contributed by atoms with Gasteiger partial charge in [-0.3, -0.25) is 4.79 Å². The van der Waals surface area contributed by atoms with E-state index in [9.17, 15) is 14.4 Å². The van der Waals surface area contributed by atoms with E-state index in [1.54, 1.807) is 52.0 Å². The van der Waals surface area contributed by atoms with E-state index in [1.807, 2.05) is 13.8 Å². The number of hydrogen-bond acceptors (Lipinski definition) is 5. The van der Waals surface area contributed by atoms with Gasteiger partial charge < -0.3 is 19.9 Å². The number of Topliss-reactive ketones (excluding diaryl/α,β-unsaturated/α-hetero) is 1. The average Bonchev–Trinajstić information content (AvgIpc) is 2.55. The highest BCUT2D eigenvalue weighted by Gasteiger charge is 2.28. The maximum atomic E-state index is 12.8. The van der Waals surface area contributed by atoms with Crippen molar-refractivity contribution in [3.8, 4) is 5.75 Å². The van der Waals surface area contributed by atoms with Crippen molar-refractivity contribution in [3.63, 3.8) is 0 Å². The number of hydrogen-bond donors (Lipinski definition) is 2. The minimum absolute atomic E-state index is 0.141. The molecule has 27 heavy (non-hydrogen) atoms. The maximum Gasteiger partial charge on any atom is 0.408 e. The average molecular weight is 379 g/mol. The predicted molar refractivity (Wildman–Crippen MR) is 101 cm³/mol. The molecule has 1 amide bonds. The summed E-state index contributed by atoms with van der Waals surface area (Å²) in [4.78, 5) is 35.8. The van der Waals surface area contributed by atoms with Crippen LogP contribution < -0.4 is 10.1 Å². The van der Waals surface area contributed by atoms with Crippen LogP contribution in [0.25, 0.3) is 0 Å². The number of ether oxygens (including phenoxy) is 2. The molecule has 0 heterocycles. The molecular formula is C20H29NO6. The Labute approximate surface area is 160 Å². The molecule has 7 heteroatoms. The summed E-state index contributed by atoms with van der Waals surface area (Å²) in [6.45, 7) is 10.6. The van der Waals surface area contributed by atoms with E-state index in [-0.39, 0.29) is 11.7 Å². The molecule has 7 nitrogen and oxygen atoms in total. The van der Waals surface area contributed by atoms with Crippen molar-refractivity contribution >= 4 is 17.8 Å². The number of alkyl carbamates (subject to hydrolysis) is 1. The van der Waals surface area contributed by atoms with Crippen LogP contribution in [0.4, 0.5) is 4.79 Å². The monoisotopic (exact) mass is 379 g/mol. The van der Waals surface area contributed by atoms with Gasteiger partial charge in [0.15, 0.2) is 11.9 Å². The quantitative estimate of drug-likeness (QED) is 0.668. The van der Waals surface area contributed by atoms with Gasteiger partial charge in [0, 0.05) is 5.56 Å². The van der Waals surface area contributed by atoms with Crippen molar-refractivity contribution in [1.82, 2.24) is 5.32 Å². The number of rotatable bonds is 8. The Morgan fingerprint density at radius 1 is 1.11 bits per heavy atom. The van der Waals surface area contributed by atoms with Crippen LogP contribution in [0.5, 0.6) is 5.75 Å². The first-order chi connectivity index (χ1) is 12.4. The highest BCUT2D eigenvalue weighted by molar-refractivity contribution is 6.01. The number of carboxylic acid groups (broad SMARTS) is 1. The van der Waals surface area contributed by atoms with Gasteiger partial charge in [0.25, 0.3) is 0 Å². The Morgan fingerprint density at radius 2 is 1.67 bits per heavy atom. The van der Waals surface area contributed by atoms with Crippen molar-refractivity contribution < 1.29 is 29.0 Å². The number of amides is 1. The number of benzene rings is 1. The fourth-order valence-corrected chi connectivity index (χ4v) is 2.32. The van der Waals surface area contributed by atoms with Gasteiger partial charge in [0.05, 0.1) is 6.04 Å². The SMILES string of the molecule is CCC(Oc1ccc(C(=O)C(NC(=O)OC(C)(C)C)C(C)C)cc1)C(=O)O. The van der Waals surface area contributed by atoms with Gasteiger partial charge in [-0.05, 0) is 57.4 Å². The molecule has 0 spiro atoms. The maximum absolute atomic E-state index is 12.8. The third-order valence-corrected chi connectivity index (χ3v) is 3.68. The summed E-state index contributed by atoms with van der Waals surface area (Å²) in [5.41, 5.74) is -0.270. The second-order valence-corrected chi connectivity index (χ2v) is 7.61. The van der Waals surface area contributed by atoms with E-state index in [4.69, 9.17) is 14.6 Å². The second kappa shape index (κ2) is 9.39. The fraction of sp³-hybridized carbons (Fsp3) is 0.550. The molecule has 2 N–H and O–H groups in total. The third kappa shape index (κ3) is 7.29. The van der Waals surface area contributed by atoms with Crippen molar-refractivity contribution in [1.29, 1.82) is 0 Å². The van der Waals surface area contributed by atoms with Crippen LogP contribution >= 0.6 is 0 Å². The van der Waals surface area contributed by atoms with Gasteiger partial charge >= 0.3 is 12.1 Å². The van der Waals surface area contributed by atoms with Gasteiger partial charge in [-0.25, -0.2) is 9.59 Å². The van der Waals surface area contributed by atoms with E-state index in [0.717, 1.165) is 0 Å². The minimum Gasteiger partial charge on any atom is -0.479 e. The first-order valence-electron chi connectivity index (χ1n) is 8.97. The van der Waals surface area contributed by atoms with E-state index in [1.165, 1.54) is 0 Å². The molecule has 0 aromatic heterocycles. The van der Waals surface area contributed by atoms with Crippen LogP contribution in [0, 0.1) is 5.92 Å². The van der Waals surface area contributed by atoms with Crippen LogP contribution in [0.2, 0.25) is 0 Å². The van der Waals surface area contributed by atoms with E-state index >= 15 is 0 Å². The molecule has 1 rings (SSSR count). The molecule has 1 aromatic carbocycles. The van der Waals surface area contributed by atoms with Gasteiger partial charge in [-0.1, -0.05) is 20.8 Å². The highest BCUT2D eigenvalue weighted by Crippen LogP contribution is 2.18. The number of aliphatic carboxylic acids is 1. The normalized spacial score (nSPS) is 13.6. The van der Waals surface area contributed by atoms with E-state index < -0.39 is 29.8 Å². The van der Waals surface area contributed by atoms with Gasteiger partial charge in [-0.2, -0.15) is 0 Å². The number of ketones is 1. The lowest BCUT2D eigenvalue weighted by atomic mass is 9.95. The highest BCUT2D eigenvalue weighted by atomic mass is 16.6. The Balaban J connectivity index is 2.87. The van der Waals surface area contributed by atoms with Crippen LogP contribution in [-0.4, -0.2) is 40.7 Å². The van der Waals surface area contributed by atoms with E-state index in [0.29, 0.717) is 17.7 Å². The number of carbonyl (C=O) groups excluding carboxylic acids is 2. The number of carbonyl (C=O) groups is 3. The first kappa shape index (κ1) is 22.5. The van der Waals surface area contributed by atoms with Gasteiger partial charge in [0.1, 0.15) is 11.4 Å². The first-order valence-corrected chi connectivity index (χ1v) is 8.97. The van der Waals surface area contributed by atoms with Crippen molar-refractivity contribution in [2.24, 2.45) is 5.92 Å². The molecule has 150 valence electrons.